The first-order chi connectivity index (χ1) is 8.69. The van der Waals surface area contributed by atoms with E-state index in [1.807, 2.05) is 18.7 Å². The lowest BCUT2D eigenvalue weighted by molar-refractivity contribution is -0.202. The Labute approximate surface area is 108 Å². The lowest BCUT2D eigenvalue weighted by Crippen LogP contribution is -2.67. The lowest BCUT2D eigenvalue weighted by Gasteiger charge is -2.52. The third-order valence-corrected chi connectivity index (χ3v) is 3.59. The van der Waals surface area contributed by atoms with Gasteiger partial charge in [0.2, 0.25) is 5.91 Å². The maximum atomic E-state index is 11.7. The number of likely N-dealkylation sites (tertiary alicyclic amines) is 1. The quantitative estimate of drug-likeness (QED) is 0.731. The second-order valence-electron chi connectivity index (χ2n) is 4.99. The molecule has 1 atom stereocenters. The lowest BCUT2D eigenvalue weighted by atomic mass is 9.84. The van der Waals surface area contributed by atoms with Gasteiger partial charge in [-0.1, -0.05) is 0 Å². The molecule has 1 amide bonds. The Hall–Kier alpha value is -0.650. The zero-order chi connectivity index (χ0) is 13.0. The van der Waals surface area contributed by atoms with Crippen molar-refractivity contribution in [3.8, 4) is 0 Å². The van der Waals surface area contributed by atoms with Gasteiger partial charge in [-0.2, -0.15) is 0 Å². The van der Waals surface area contributed by atoms with Gasteiger partial charge >= 0.3 is 0 Å². The Morgan fingerprint density at radius 1 is 1.39 bits per heavy atom. The third kappa shape index (κ3) is 3.02. The van der Waals surface area contributed by atoms with E-state index in [-0.39, 0.29) is 24.2 Å². The number of ether oxygens (including phenoxy) is 3. The summed E-state index contributed by atoms with van der Waals surface area (Å²) in [4.78, 5) is 13.5. The van der Waals surface area contributed by atoms with E-state index in [2.05, 4.69) is 0 Å². The minimum absolute atomic E-state index is 0.0598. The fraction of sp³-hybridized carbons (Fsp3) is 0.923. The van der Waals surface area contributed by atoms with Crippen LogP contribution < -0.4 is 0 Å². The molecule has 2 rings (SSSR count). The molecule has 0 bridgehead atoms. The van der Waals surface area contributed by atoms with E-state index in [9.17, 15) is 4.79 Å². The molecule has 0 radical (unpaired) electrons. The highest BCUT2D eigenvalue weighted by Crippen LogP contribution is 2.35. The van der Waals surface area contributed by atoms with Crippen molar-refractivity contribution in [2.45, 2.75) is 38.4 Å². The normalized spacial score (nSPS) is 26.1. The molecule has 0 aromatic heterocycles. The van der Waals surface area contributed by atoms with Crippen LogP contribution in [0.3, 0.4) is 0 Å². The van der Waals surface area contributed by atoms with E-state index in [0.717, 1.165) is 26.1 Å². The van der Waals surface area contributed by atoms with Gasteiger partial charge in [0.25, 0.3) is 0 Å². The minimum Gasteiger partial charge on any atom is -0.378 e. The molecule has 2 heterocycles. The highest BCUT2D eigenvalue weighted by Gasteiger charge is 2.49. The number of rotatable bonds is 5. The van der Waals surface area contributed by atoms with Crippen LogP contribution in [0.4, 0.5) is 0 Å². The summed E-state index contributed by atoms with van der Waals surface area (Å²) in [5, 5.41) is 0. The van der Waals surface area contributed by atoms with E-state index < -0.39 is 0 Å². The maximum Gasteiger partial charge on any atom is 0.248 e. The molecular formula is C13H23NO4. The van der Waals surface area contributed by atoms with Crippen LogP contribution in [0.25, 0.3) is 0 Å². The number of amides is 1. The SMILES string of the molecule is CCOCC(=O)N1CC2(C[C@@H](OCC)CCO2)C1. The van der Waals surface area contributed by atoms with Gasteiger partial charge in [-0.25, -0.2) is 0 Å². The average Bonchev–Trinajstić information content (AvgIpc) is 2.33. The third-order valence-electron chi connectivity index (χ3n) is 3.59. The van der Waals surface area contributed by atoms with E-state index in [4.69, 9.17) is 14.2 Å². The van der Waals surface area contributed by atoms with Crippen LogP contribution in [0.15, 0.2) is 0 Å². The molecule has 0 aliphatic carbocycles. The molecule has 0 aromatic rings. The van der Waals surface area contributed by atoms with Gasteiger partial charge in [-0.15, -0.1) is 0 Å². The molecule has 18 heavy (non-hydrogen) atoms. The topological polar surface area (TPSA) is 48.0 Å². The Bertz CT molecular complexity index is 287. The number of carbonyl (C=O) groups is 1. The molecule has 1 spiro atoms. The van der Waals surface area contributed by atoms with Crippen molar-refractivity contribution in [3.05, 3.63) is 0 Å². The first-order valence-corrected chi connectivity index (χ1v) is 6.80. The van der Waals surface area contributed by atoms with Crippen molar-refractivity contribution >= 4 is 5.91 Å². The van der Waals surface area contributed by atoms with Crippen molar-refractivity contribution in [1.29, 1.82) is 0 Å². The summed E-state index contributed by atoms with van der Waals surface area (Å²) in [5.41, 5.74) is -0.153. The van der Waals surface area contributed by atoms with E-state index in [1.165, 1.54) is 0 Å². The first-order valence-electron chi connectivity index (χ1n) is 6.80. The summed E-state index contributed by atoms with van der Waals surface area (Å²) >= 11 is 0. The Morgan fingerprint density at radius 2 is 2.17 bits per heavy atom. The predicted molar refractivity (Wildman–Crippen MR) is 66.4 cm³/mol. The van der Waals surface area contributed by atoms with E-state index in [1.54, 1.807) is 0 Å². The van der Waals surface area contributed by atoms with E-state index >= 15 is 0 Å². The Balaban J connectivity index is 1.77. The Morgan fingerprint density at radius 3 is 2.83 bits per heavy atom. The number of nitrogens with zero attached hydrogens (tertiary/aromatic N) is 1. The number of carbonyl (C=O) groups excluding carboxylic acids is 1. The highest BCUT2D eigenvalue weighted by molar-refractivity contribution is 5.78. The zero-order valence-corrected chi connectivity index (χ0v) is 11.3. The first kappa shape index (κ1) is 13.8. The molecule has 104 valence electrons. The fourth-order valence-electron chi connectivity index (χ4n) is 2.69. The van der Waals surface area contributed by atoms with Crippen molar-refractivity contribution in [2.75, 3.05) is 39.5 Å². The maximum absolute atomic E-state index is 11.7. The fourth-order valence-corrected chi connectivity index (χ4v) is 2.69. The summed E-state index contributed by atoms with van der Waals surface area (Å²) in [6.45, 7) is 7.51. The van der Waals surface area contributed by atoms with Crippen molar-refractivity contribution in [1.82, 2.24) is 4.90 Å². The van der Waals surface area contributed by atoms with Crippen molar-refractivity contribution in [3.63, 3.8) is 0 Å². The molecule has 2 aliphatic rings. The van der Waals surface area contributed by atoms with Crippen LogP contribution in [0.5, 0.6) is 0 Å². The molecular weight excluding hydrogens is 234 g/mol. The molecule has 0 unspecified atom stereocenters. The monoisotopic (exact) mass is 257 g/mol. The number of hydrogen-bond acceptors (Lipinski definition) is 4. The van der Waals surface area contributed by atoms with Gasteiger partial charge in [0, 0.05) is 26.2 Å². The van der Waals surface area contributed by atoms with Crippen LogP contribution in [0.1, 0.15) is 26.7 Å². The Kier molecular flexibility index (Phi) is 4.59. The zero-order valence-electron chi connectivity index (χ0n) is 11.3. The molecule has 0 N–H and O–H groups in total. The smallest absolute Gasteiger partial charge is 0.248 e. The van der Waals surface area contributed by atoms with Crippen LogP contribution >= 0.6 is 0 Å². The second-order valence-corrected chi connectivity index (χ2v) is 4.99. The van der Waals surface area contributed by atoms with Crippen molar-refractivity contribution < 1.29 is 19.0 Å². The summed E-state index contributed by atoms with van der Waals surface area (Å²) in [6, 6.07) is 0. The molecule has 2 fully saturated rings. The average molecular weight is 257 g/mol. The molecule has 5 heteroatoms. The summed E-state index contributed by atoms with van der Waals surface area (Å²) in [7, 11) is 0. The van der Waals surface area contributed by atoms with Gasteiger partial charge in [0.15, 0.2) is 0 Å². The van der Waals surface area contributed by atoms with Crippen LogP contribution in [0, 0.1) is 0 Å². The van der Waals surface area contributed by atoms with Gasteiger partial charge in [0.1, 0.15) is 12.2 Å². The number of hydrogen-bond donors (Lipinski definition) is 0. The second kappa shape index (κ2) is 5.99. The predicted octanol–water partition coefficient (Wildman–Crippen LogP) is 0.819. The molecule has 5 nitrogen and oxygen atoms in total. The van der Waals surface area contributed by atoms with Gasteiger partial charge in [-0.05, 0) is 20.3 Å². The van der Waals surface area contributed by atoms with E-state index in [0.29, 0.717) is 19.7 Å². The van der Waals surface area contributed by atoms with Crippen molar-refractivity contribution in [2.24, 2.45) is 0 Å². The van der Waals surface area contributed by atoms with Crippen LogP contribution in [0.2, 0.25) is 0 Å². The molecule has 2 saturated heterocycles. The van der Waals surface area contributed by atoms with Crippen LogP contribution in [-0.2, 0) is 19.0 Å². The van der Waals surface area contributed by atoms with Gasteiger partial charge in [-0.3, -0.25) is 4.79 Å². The minimum atomic E-state index is -0.153. The summed E-state index contributed by atoms with van der Waals surface area (Å²) in [5.74, 6) is 0.0598. The standard InChI is InChI=1S/C13H23NO4/c1-3-16-8-12(15)14-9-13(10-14)7-11(17-4-2)5-6-18-13/h11H,3-10H2,1-2H3/t11-/m0/s1. The molecule has 0 aromatic carbocycles. The van der Waals surface area contributed by atoms with Gasteiger partial charge < -0.3 is 19.1 Å². The molecule has 0 saturated carbocycles. The highest BCUT2D eigenvalue weighted by atomic mass is 16.5. The van der Waals surface area contributed by atoms with Crippen LogP contribution in [-0.4, -0.2) is 62.0 Å². The largest absolute Gasteiger partial charge is 0.378 e. The van der Waals surface area contributed by atoms with Gasteiger partial charge in [0.05, 0.1) is 19.2 Å². The molecule has 2 aliphatic heterocycles. The summed E-state index contributed by atoms with van der Waals surface area (Å²) in [6.07, 6.45) is 2.15. The summed E-state index contributed by atoms with van der Waals surface area (Å²) < 4.78 is 16.6.